The molecule has 0 aliphatic heterocycles. The van der Waals surface area contributed by atoms with Crippen LogP contribution in [-0.2, 0) is 22.7 Å². The van der Waals surface area contributed by atoms with Gasteiger partial charge in [-0.15, -0.1) is 5.10 Å². The first-order chi connectivity index (χ1) is 17.2. The molecule has 0 aliphatic rings. The Morgan fingerprint density at radius 1 is 1.03 bits per heavy atom. The number of anilines is 1. The second kappa shape index (κ2) is 10.2. The molecule has 4 rings (SSSR count). The van der Waals surface area contributed by atoms with Crippen molar-refractivity contribution in [2.75, 3.05) is 11.9 Å². The minimum absolute atomic E-state index is 0.0440. The molecule has 0 atom stereocenters. The van der Waals surface area contributed by atoms with Crippen molar-refractivity contribution in [3.05, 3.63) is 74.4 Å². The molecule has 0 unspecified atom stereocenters. The highest BCUT2D eigenvalue weighted by Gasteiger charge is 2.19. The van der Waals surface area contributed by atoms with E-state index >= 15 is 0 Å². The van der Waals surface area contributed by atoms with Gasteiger partial charge in [0.2, 0.25) is 17.6 Å². The van der Waals surface area contributed by atoms with Crippen molar-refractivity contribution in [2.24, 2.45) is 5.92 Å². The first-order valence-corrected chi connectivity index (χ1v) is 11.9. The van der Waals surface area contributed by atoms with Crippen LogP contribution in [0.2, 0.25) is 0 Å². The molecule has 0 aliphatic carbocycles. The van der Waals surface area contributed by atoms with Gasteiger partial charge in [0.05, 0.1) is 10.9 Å². The van der Waals surface area contributed by atoms with Gasteiger partial charge in [0, 0.05) is 25.2 Å². The van der Waals surface area contributed by atoms with Gasteiger partial charge in [-0.1, -0.05) is 43.7 Å². The molecule has 188 valence electrons. The fraction of sp³-hybridized carbons (Fsp3) is 0.346. The van der Waals surface area contributed by atoms with E-state index < -0.39 is 11.6 Å². The van der Waals surface area contributed by atoms with Crippen LogP contribution in [0.1, 0.15) is 31.4 Å². The fourth-order valence-electron chi connectivity index (χ4n) is 4.07. The summed E-state index contributed by atoms with van der Waals surface area (Å²) in [5.74, 6) is -0.233. The molecule has 0 spiro atoms. The summed E-state index contributed by atoms with van der Waals surface area (Å²) in [7, 11) is 0. The largest absolute Gasteiger partial charge is 0.356 e. The maximum Gasteiger partial charge on any atom is 0.352 e. The lowest BCUT2D eigenvalue weighted by atomic mass is 10.1. The molecule has 2 aromatic heterocycles. The predicted octanol–water partition coefficient (Wildman–Crippen LogP) is 2.23. The molecule has 4 aromatic rings. The van der Waals surface area contributed by atoms with Crippen LogP contribution in [0.15, 0.2) is 52.1 Å². The molecular formula is C26H30N6O4. The Morgan fingerprint density at radius 3 is 2.50 bits per heavy atom. The highest BCUT2D eigenvalue weighted by Crippen LogP contribution is 2.16. The summed E-state index contributed by atoms with van der Waals surface area (Å²) in [6.45, 7) is 8.09. The number of aryl methyl sites for hydroxylation is 3. The number of hydrogen-bond acceptors (Lipinski definition) is 5. The van der Waals surface area contributed by atoms with E-state index in [1.165, 1.54) is 8.97 Å². The minimum Gasteiger partial charge on any atom is -0.356 e. The Morgan fingerprint density at radius 2 is 1.78 bits per heavy atom. The van der Waals surface area contributed by atoms with Crippen LogP contribution in [0.4, 0.5) is 5.69 Å². The van der Waals surface area contributed by atoms with E-state index in [1.807, 2.05) is 45.9 Å². The zero-order valence-electron chi connectivity index (χ0n) is 20.9. The number of fused-ring (bicyclic) bond motifs is 3. The highest BCUT2D eigenvalue weighted by atomic mass is 16.2. The maximum atomic E-state index is 13.3. The summed E-state index contributed by atoms with van der Waals surface area (Å²) >= 11 is 0. The average Bonchev–Trinajstić information content (AvgIpc) is 3.15. The lowest BCUT2D eigenvalue weighted by molar-refractivity contribution is -0.121. The number of para-hydroxylation sites is 1. The number of aromatic nitrogens is 4. The van der Waals surface area contributed by atoms with Gasteiger partial charge in [-0.3, -0.25) is 19.0 Å². The van der Waals surface area contributed by atoms with Gasteiger partial charge in [-0.25, -0.2) is 13.9 Å². The van der Waals surface area contributed by atoms with Crippen molar-refractivity contribution in [1.29, 1.82) is 0 Å². The van der Waals surface area contributed by atoms with Crippen molar-refractivity contribution in [1.82, 2.24) is 24.1 Å². The van der Waals surface area contributed by atoms with Crippen LogP contribution < -0.4 is 21.9 Å². The summed E-state index contributed by atoms with van der Waals surface area (Å²) in [6, 6.07) is 12.4. The van der Waals surface area contributed by atoms with Gasteiger partial charge in [-0.05, 0) is 43.5 Å². The van der Waals surface area contributed by atoms with E-state index in [0.29, 0.717) is 29.1 Å². The van der Waals surface area contributed by atoms with E-state index in [1.54, 1.807) is 24.3 Å². The average molecular weight is 491 g/mol. The lowest BCUT2D eigenvalue weighted by Gasteiger charge is -2.11. The number of carbonyl (C=O) groups excluding carboxylic acids is 2. The SMILES string of the molecule is Cc1ccc(NC(=O)Cn2nc3n(CCC(=O)NCC(C)C)c(=O)c4ccccc4n3c2=O)c(C)c1. The zero-order chi connectivity index (χ0) is 26.0. The molecular weight excluding hydrogens is 460 g/mol. The molecule has 2 heterocycles. The minimum atomic E-state index is -0.546. The van der Waals surface area contributed by atoms with E-state index in [-0.39, 0.29) is 36.8 Å². The molecule has 36 heavy (non-hydrogen) atoms. The third kappa shape index (κ3) is 5.07. The highest BCUT2D eigenvalue weighted by molar-refractivity contribution is 5.91. The van der Waals surface area contributed by atoms with E-state index in [4.69, 9.17) is 0 Å². The van der Waals surface area contributed by atoms with Crippen molar-refractivity contribution in [3.63, 3.8) is 0 Å². The molecule has 10 heteroatoms. The van der Waals surface area contributed by atoms with Crippen LogP contribution >= 0.6 is 0 Å². The fourth-order valence-corrected chi connectivity index (χ4v) is 4.07. The van der Waals surface area contributed by atoms with Gasteiger partial charge >= 0.3 is 5.69 Å². The second-order valence-corrected chi connectivity index (χ2v) is 9.36. The van der Waals surface area contributed by atoms with Crippen LogP contribution in [0.25, 0.3) is 16.7 Å². The first-order valence-electron chi connectivity index (χ1n) is 11.9. The second-order valence-electron chi connectivity index (χ2n) is 9.36. The molecule has 0 saturated heterocycles. The number of nitrogens with one attached hydrogen (secondary N) is 2. The standard InChI is InChI=1S/C26H30N6O4/c1-16(2)14-27-22(33)11-12-30-24(35)19-7-5-6-8-21(19)32-25(30)29-31(26(32)36)15-23(34)28-20-10-9-17(3)13-18(20)4/h5-10,13,16H,11-12,14-15H2,1-4H3,(H,27,33)(H,28,34). The van der Waals surface area contributed by atoms with Crippen molar-refractivity contribution in [3.8, 4) is 0 Å². The van der Waals surface area contributed by atoms with E-state index in [0.717, 1.165) is 15.8 Å². The molecule has 0 radical (unpaired) electrons. The number of nitrogens with zero attached hydrogens (tertiary/aromatic N) is 4. The topological polar surface area (TPSA) is 120 Å². The summed E-state index contributed by atoms with van der Waals surface area (Å²) < 4.78 is 3.67. The first kappa shape index (κ1) is 24.9. The summed E-state index contributed by atoms with van der Waals surface area (Å²) in [6.07, 6.45) is 0.0505. The van der Waals surface area contributed by atoms with Crippen LogP contribution in [0.5, 0.6) is 0 Å². The molecule has 2 amide bonds. The van der Waals surface area contributed by atoms with Crippen LogP contribution in [-0.4, -0.2) is 37.1 Å². The molecule has 0 saturated carbocycles. The number of carbonyl (C=O) groups is 2. The Balaban J connectivity index is 1.70. The van der Waals surface area contributed by atoms with Gasteiger partial charge in [0.1, 0.15) is 6.54 Å². The number of benzene rings is 2. The van der Waals surface area contributed by atoms with Crippen molar-refractivity contribution < 1.29 is 9.59 Å². The lowest BCUT2D eigenvalue weighted by Crippen LogP contribution is -2.31. The molecule has 2 aromatic carbocycles. The Bertz CT molecular complexity index is 1580. The molecule has 0 fully saturated rings. The van der Waals surface area contributed by atoms with Crippen LogP contribution in [0, 0.1) is 19.8 Å². The maximum absolute atomic E-state index is 13.3. The zero-order valence-corrected chi connectivity index (χ0v) is 20.9. The van der Waals surface area contributed by atoms with Gasteiger partial charge in [0.25, 0.3) is 5.56 Å². The smallest absolute Gasteiger partial charge is 0.352 e. The van der Waals surface area contributed by atoms with E-state index in [9.17, 15) is 19.2 Å². The van der Waals surface area contributed by atoms with Crippen molar-refractivity contribution >= 4 is 34.2 Å². The Hall–Kier alpha value is -4.21. The quantitative estimate of drug-likeness (QED) is 0.393. The molecule has 10 nitrogen and oxygen atoms in total. The molecule has 0 bridgehead atoms. The summed E-state index contributed by atoms with van der Waals surface area (Å²) in [4.78, 5) is 51.6. The number of rotatable bonds is 8. The van der Waals surface area contributed by atoms with Gasteiger partial charge in [0.15, 0.2) is 0 Å². The predicted molar refractivity (Wildman–Crippen MR) is 138 cm³/mol. The number of amides is 2. The Labute approximate surface area is 207 Å². The van der Waals surface area contributed by atoms with E-state index in [2.05, 4.69) is 15.7 Å². The van der Waals surface area contributed by atoms with Crippen LogP contribution in [0.3, 0.4) is 0 Å². The summed E-state index contributed by atoms with van der Waals surface area (Å²) in [5.41, 5.74) is 2.12. The van der Waals surface area contributed by atoms with Gasteiger partial charge < -0.3 is 10.6 Å². The monoisotopic (exact) mass is 490 g/mol. The normalized spacial score (nSPS) is 11.4. The number of hydrogen-bond donors (Lipinski definition) is 2. The van der Waals surface area contributed by atoms with Crippen molar-refractivity contribution in [2.45, 2.75) is 47.2 Å². The molecule has 2 N–H and O–H groups in total. The van der Waals surface area contributed by atoms with Gasteiger partial charge in [-0.2, -0.15) is 0 Å². The third-order valence-electron chi connectivity index (χ3n) is 5.90. The summed E-state index contributed by atoms with van der Waals surface area (Å²) in [5, 5.41) is 10.3. The Kier molecular flexibility index (Phi) is 7.05. The third-order valence-corrected chi connectivity index (χ3v) is 5.90.